The molecule has 0 spiro atoms. The first-order valence-corrected chi connectivity index (χ1v) is 17.1. The Bertz CT molecular complexity index is 2410. The second-order valence-electron chi connectivity index (χ2n) is 12.0. The van der Waals surface area contributed by atoms with Crippen molar-refractivity contribution >= 4 is 64.7 Å². The van der Waals surface area contributed by atoms with Crippen molar-refractivity contribution < 1.29 is 0 Å². The lowest BCUT2D eigenvalue weighted by Crippen LogP contribution is -1.88. The fraction of sp³-hybridized carbons (Fsp3) is 0.0476. The van der Waals surface area contributed by atoms with E-state index in [1.54, 1.807) is 22.7 Å². The van der Waals surface area contributed by atoms with Crippen LogP contribution in [-0.4, -0.2) is 9.97 Å². The summed E-state index contributed by atoms with van der Waals surface area (Å²) in [6.45, 7) is 4.26. The number of rotatable bonds is 4. The van der Waals surface area contributed by atoms with E-state index in [0.29, 0.717) is 0 Å². The number of fused-ring (bicyclic) bond motifs is 4. The average molecular weight is 625 g/mol. The molecule has 7 aromatic carbocycles. The zero-order valence-electron chi connectivity index (χ0n) is 25.4. The molecule has 0 amide bonds. The average Bonchev–Trinajstić information content (AvgIpc) is 3.71. The molecule has 0 N–H and O–H groups in total. The van der Waals surface area contributed by atoms with E-state index in [0.717, 1.165) is 32.2 Å². The summed E-state index contributed by atoms with van der Waals surface area (Å²) in [5.74, 6) is 0. The van der Waals surface area contributed by atoms with E-state index in [1.807, 2.05) is 0 Å². The molecule has 0 bridgehead atoms. The predicted molar refractivity (Wildman–Crippen MR) is 199 cm³/mol. The highest BCUT2D eigenvalue weighted by Gasteiger charge is 2.14. The van der Waals surface area contributed by atoms with Crippen LogP contribution in [0.5, 0.6) is 0 Å². The summed E-state index contributed by atoms with van der Waals surface area (Å²) >= 11 is 3.51. The molecule has 2 aromatic heterocycles. The van der Waals surface area contributed by atoms with E-state index in [2.05, 4.69) is 147 Å². The number of aryl methyl sites for hydroxylation is 2. The Balaban J connectivity index is 1.13. The number of nitrogens with zero attached hydrogens (tertiary/aromatic N) is 2. The Kier molecular flexibility index (Phi) is 6.34. The van der Waals surface area contributed by atoms with Crippen molar-refractivity contribution in [1.82, 2.24) is 9.97 Å². The minimum atomic E-state index is 1.06. The molecule has 0 aliphatic heterocycles. The molecule has 0 aliphatic carbocycles. The highest BCUT2D eigenvalue weighted by Crippen LogP contribution is 2.40. The molecule has 0 atom stereocenters. The van der Waals surface area contributed by atoms with Crippen molar-refractivity contribution in [2.45, 2.75) is 13.8 Å². The van der Waals surface area contributed by atoms with Gasteiger partial charge in [-0.2, -0.15) is 0 Å². The highest BCUT2D eigenvalue weighted by atomic mass is 32.1. The van der Waals surface area contributed by atoms with E-state index in [-0.39, 0.29) is 0 Å². The summed E-state index contributed by atoms with van der Waals surface area (Å²) in [5, 5.41) is 7.12. The van der Waals surface area contributed by atoms with Gasteiger partial charge in [-0.15, -0.1) is 22.7 Å². The summed E-state index contributed by atoms with van der Waals surface area (Å²) < 4.78 is 2.46. The number of hydrogen-bond acceptors (Lipinski definition) is 4. The lowest BCUT2D eigenvalue weighted by Gasteiger charge is -2.14. The lowest BCUT2D eigenvalue weighted by molar-refractivity contribution is 1.45. The zero-order valence-corrected chi connectivity index (χ0v) is 27.0. The van der Waals surface area contributed by atoms with Gasteiger partial charge in [0.15, 0.2) is 0 Å². The van der Waals surface area contributed by atoms with Crippen LogP contribution < -0.4 is 0 Å². The molecule has 0 unspecified atom stereocenters. The summed E-state index contributed by atoms with van der Waals surface area (Å²) in [6, 6.07) is 48.7. The molecule has 0 radical (unpaired) electrons. The molecule has 2 heterocycles. The van der Waals surface area contributed by atoms with Crippen LogP contribution in [0, 0.1) is 13.8 Å². The first-order valence-electron chi connectivity index (χ1n) is 15.5. The summed E-state index contributed by atoms with van der Waals surface area (Å²) in [4.78, 5) is 9.82. The second-order valence-corrected chi connectivity index (χ2v) is 14.1. The smallest absolute Gasteiger partial charge is 0.124 e. The van der Waals surface area contributed by atoms with Crippen LogP contribution in [0.2, 0.25) is 0 Å². The van der Waals surface area contributed by atoms with Crippen molar-refractivity contribution in [3.63, 3.8) is 0 Å². The van der Waals surface area contributed by atoms with Crippen LogP contribution in [0.25, 0.3) is 85.4 Å². The predicted octanol–water partition coefficient (Wildman–Crippen LogP) is 12.5. The van der Waals surface area contributed by atoms with Gasteiger partial charge in [0.05, 0.1) is 20.4 Å². The van der Waals surface area contributed by atoms with Gasteiger partial charge in [-0.1, -0.05) is 97.1 Å². The fourth-order valence-electron chi connectivity index (χ4n) is 6.43. The van der Waals surface area contributed by atoms with Crippen molar-refractivity contribution in [2.75, 3.05) is 0 Å². The molecule has 46 heavy (non-hydrogen) atoms. The van der Waals surface area contributed by atoms with Gasteiger partial charge in [-0.25, -0.2) is 9.97 Å². The van der Waals surface area contributed by atoms with Gasteiger partial charge in [0.25, 0.3) is 0 Å². The normalized spacial score (nSPS) is 11.7. The summed E-state index contributed by atoms with van der Waals surface area (Å²) in [6.07, 6.45) is 0. The quantitative estimate of drug-likeness (QED) is 0.182. The first-order chi connectivity index (χ1) is 22.6. The van der Waals surface area contributed by atoms with Crippen LogP contribution in [0.3, 0.4) is 0 Å². The first kappa shape index (κ1) is 27.2. The van der Waals surface area contributed by atoms with Gasteiger partial charge >= 0.3 is 0 Å². The Labute approximate surface area is 275 Å². The Morgan fingerprint density at radius 1 is 0.413 bits per heavy atom. The number of aromatic nitrogens is 2. The van der Waals surface area contributed by atoms with E-state index in [1.165, 1.54) is 64.3 Å². The minimum absolute atomic E-state index is 1.06. The van der Waals surface area contributed by atoms with E-state index >= 15 is 0 Å². The number of thiazole rings is 2. The highest BCUT2D eigenvalue weighted by molar-refractivity contribution is 7.22. The van der Waals surface area contributed by atoms with Gasteiger partial charge in [-0.3, -0.25) is 0 Å². The summed E-state index contributed by atoms with van der Waals surface area (Å²) in [5.41, 5.74) is 11.8. The molecular formula is C42H28N2S2. The molecule has 0 saturated carbocycles. The van der Waals surface area contributed by atoms with Crippen molar-refractivity contribution in [1.29, 1.82) is 0 Å². The molecule has 9 aromatic rings. The standard InChI is InChI=1S/C42H28N2S2/c1-25-7-19-37-39(21-25)45-41(43-37)29-13-9-27(10-14-29)33-17-18-34(36-24-32-6-4-3-5-31(32)23-35(33)36)28-11-15-30(16-12-28)42-44-38-20-8-26(2)22-40(38)46-42/h3-24H,1-2H3. The van der Waals surface area contributed by atoms with Gasteiger partial charge in [-0.05, 0) is 105 Å². The minimum Gasteiger partial charge on any atom is -0.236 e. The van der Waals surface area contributed by atoms with Crippen LogP contribution >= 0.6 is 22.7 Å². The Hall–Kier alpha value is -5.16. The van der Waals surface area contributed by atoms with Gasteiger partial charge in [0.2, 0.25) is 0 Å². The maximum absolute atomic E-state index is 4.91. The van der Waals surface area contributed by atoms with Crippen LogP contribution in [0.4, 0.5) is 0 Å². The monoisotopic (exact) mass is 624 g/mol. The molecule has 4 heteroatoms. The third kappa shape index (κ3) is 4.69. The molecular weight excluding hydrogens is 597 g/mol. The van der Waals surface area contributed by atoms with Gasteiger partial charge < -0.3 is 0 Å². The SMILES string of the molecule is Cc1ccc2nc(-c3ccc(-c4ccc(-c5ccc(-c6nc7ccc(C)cc7s6)cc5)c5cc6ccccc6cc45)cc3)sc2c1. The molecule has 2 nitrogen and oxygen atoms in total. The zero-order chi connectivity index (χ0) is 30.8. The van der Waals surface area contributed by atoms with Crippen LogP contribution in [0.1, 0.15) is 11.1 Å². The Morgan fingerprint density at radius 2 is 0.826 bits per heavy atom. The van der Waals surface area contributed by atoms with Crippen LogP contribution in [-0.2, 0) is 0 Å². The van der Waals surface area contributed by atoms with E-state index in [9.17, 15) is 0 Å². The maximum atomic E-state index is 4.91. The molecule has 0 fully saturated rings. The number of benzene rings is 7. The summed E-state index contributed by atoms with van der Waals surface area (Å²) in [7, 11) is 0. The van der Waals surface area contributed by atoms with Crippen molar-refractivity contribution in [3.05, 3.63) is 145 Å². The lowest BCUT2D eigenvalue weighted by atomic mass is 9.90. The van der Waals surface area contributed by atoms with Gasteiger partial charge in [0.1, 0.15) is 10.0 Å². The second kappa shape index (κ2) is 10.7. The molecule has 9 rings (SSSR count). The molecule has 0 aliphatic rings. The van der Waals surface area contributed by atoms with Gasteiger partial charge in [0, 0.05) is 11.1 Å². The Morgan fingerprint density at radius 3 is 1.26 bits per heavy atom. The maximum Gasteiger partial charge on any atom is 0.124 e. The molecule has 218 valence electrons. The largest absolute Gasteiger partial charge is 0.236 e. The van der Waals surface area contributed by atoms with Crippen LogP contribution in [0.15, 0.2) is 133 Å². The fourth-order valence-corrected chi connectivity index (χ4v) is 8.57. The third-order valence-electron chi connectivity index (χ3n) is 8.86. The van der Waals surface area contributed by atoms with Crippen molar-refractivity contribution in [3.8, 4) is 43.4 Å². The van der Waals surface area contributed by atoms with E-state index < -0.39 is 0 Å². The molecule has 0 saturated heterocycles. The third-order valence-corrected chi connectivity index (χ3v) is 11.0. The van der Waals surface area contributed by atoms with Crippen molar-refractivity contribution in [2.24, 2.45) is 0 Å². The van der Waals surface area contributed by atoms with E-state index in [4.69, 9.17) is 9.97 Å². The number of hydrogen-bond donors (Lipinski definition) is 0. The topological polar surface area (TPSA) is 25.8 Å².